The molecule has 0 fully saturated rings. The number of aromatic nitrogens is 3. The highest BCUT2D eigenvalue weighted by Gasteiger charge is 2.02. The summed E-state index contributed by atoms with van der Waals surface area (Å²) in [6, 6.07) is 3.95. The lowest BCUT2D eigenvalue weighted by Gasteiger charge is -2.03. The Labute approximate surface area is 93.2 Å². The Balaban J connectivity index is 2.49. The van der Waals surface area contributed by atoms with Crippen molar-refractivity contribution in [3.05, 3.63) is 41.1 Å². The summed E-state index contributed by atoms with van der Waals surface area (Å²) in [5.41, 5.74) is 3.78. The first-order chi connectivity index (χ1) is 7.15. The third kappa shape index (κ3) is 2.30. The average Bonchev–Trinajstić information content (AvgIpc) is 2.17. The van der Waals surface area contributed by atoms with Crippen LogP contribution in [-0.4, -0.2) is 15.0 Å². The molecule has 0 aliphatic carbocycles. The van der Waals surface area contributed by atoms with Crippen molar-refractivity contribution in [1.82, 2.24) is 15.0 Å². The summed E-state index contributed by atoms with van der Waals surface area (Å²) in [5.74, 6) is 0. The van der Waals surface area contributed by atoms with E-state index >= 15 is 0 Å². The van der Waals surface area contributed by atoms with E-state index in [0.717, 1.165) is 22.6 Å². The first kappa shape index (κ1) is 10.1. The summed E-state index contributed by atoms with van der Waals surface area (Å²) >= 11 is 5.68. The zero-order valence-electron chi connectivity index (χ0n) is 8.53. The average molecular weight is 220 g/mol. The topological polar surface area (TPSA) is 38.7 Å². The van der Waals surface area contributed by atoms with Gasteiger partial charge < -0.3 is 0 Å². The molecule has 15 heavy (non-hydrogen) atoms. The molecule has 76 valence electrons. The number of pyridine rings is 1. The molecule has 2 aromatic rings. The Kier molecular flexibility index (Phi) is 2.64. The van der Waals surface area contributed by atoms with Gasteiger partial charge in [0.25, 0.3) is 0 Å². The molecule has 0 atom stereocenters. The van der Waals surface area contributed by atoms with Crippen molar-refractivity contribution in [2.45, 2.75) is 13.8 Å². The molecule has 0 aromatic carbocycles. The Morgan fingerprint density at radius 3 is 2.20 bits per heavy atom. The second-order valence-corrected chi connectivity index (χ2v) is 3.75. The van der Waals surface area contributed by atoms with E-state index in [1.54, 1.807) is 12.4 Å². The highest BCUT2D eigenvalue weighted by atomic mass is 35.5. The second kappa shape index (κ2) is 3.95. The molecule has 0 radical (unpaired) electrons. The fourth-order valence-corrected chi connectivity index (χ4v) is 1.54. The molecule has 0 unspecified atom stereocenters. The van der Waals surface area contributed by atoms with E-state index in [-0.39, 0.29) is 0 Å². The van der Waals surface area contributed by atoms with Crippen LogP contribution in [0, 0.1) is 13.8 Å². The highest BCUT2D eigenvalue weighted by molar-refractivity contribution is 6.29. The summed E-state index contributed by atoms with van der Waals surface area (Å²) in [7, 11) is 0. The SMILES string of the molecule is Cc1cc(-c2cnc(Cl)cn2)cc(C)n1. The third-order valence-electron chi connectivity index (χ3n) is 2.00. The highest BCUT2D eigenvalue weighted by Crippen LogP contribution is 2.18. The minimum absolute atomic E-state index is 0.404. The van der Waals surface area contributed by atoms with E-state index in [1.807, 2.05) is 26.0 Å². The van der Waals surface area contributed by atoms with Gasteiger partial charge in [-0.15, -0.1) is 0 Å². The van der Waals surface area contributed by atoms with E-state index < -0.39 is 0 Å². The van der Waals surface area contributed by atoms with Crippen molar-refractivity contribution in [3.8, 4) is 11.3 Å². The van der Waals surface area contributed by atoms with Crippen LogP contribution < -0.4 is 0 Å². The summed E-state index contributed by atoms with van der Waals surface area (Å²) in [6.07, 6.45) is 3.21. The standard InChI is InChI=1S/C11H10ClN3/c1-7-3-9(4-8(2)15-7)10-5-14-11(12)6-13-10/h3-6H,1-2H3. The van der Waals surface area contributed by atoms with Gasteiger partial charge in [-0.1, -0.05) is 11.6 Å². The van der Waals surface area contributed by atoms with Crippen molar-refractivity contribution >= 4 is 11.6 Å². The van der Waals surface area contributed by atoms with Gasteiger partial charge in [0.15, 0.2) is 0 Å². The lowest BCUT2D eigenvalue weighted by molar-refractivity contribution is 1.11. The van der Waals surface area contributed by atoms with Crippen LogP contribution in [-0.2, 0) is 0 Å². The van der Waals surface area contributed by atoms with E-state index in [2.05, 4.69) is 15.0 Å². The summed E-state index contributed by atoms with van der Waals surface area (Å²) < 4.78 is 0. The molecule has 0 aliphatic heterocycles. The van der Waals surface area contributed by atoms with Crippen LogP contribution >= 0.6 is 11.6 Å². The third-order valence-corrected chi connectivity index (χ3v) is 2.19. The molecule has 0 saturated carbocycles. The molecule has 0 spiro atoms. The Morgan fingerprint density at radius 1 is 1.00 bits per heavy atom. The monoisotopic (exact) mass is 219 g/mol. The first-order valence-corrected chi connectivity index (χ1v) is 4.96. The van der Waals surface area contributed by atoms with Crippen LogP contribution in [0.4, 0.5) is 0 Å². The quantitative estimate of drug-likeness (QED) is 0.740. The second-order valence-electron chi connectivity index (χ2n) is 3.36. The van der Waals surface area contributed by atoms with Gasteiger partial charge in [0.2, 0.25) is 0 Å². The largest absolute Gasteiger partial charge is 0.258 e. The van der Waals surface area contributed by atoms with Crippen LogP contribution in [0.5, 0.6) is 0 Å². The molecule has 4 heteroatoms. The van der Waals surface area contributed by atoms with Gasteiger partial charge in [0.05, 0.1) is 18.1 Å². The maximum absolute atomic E-state index is 5.68. The van der Waals surface area contributed by atoms with Crippen molar-refractivity contribution in [2.24, 2.45) is 0 Å². The molecule has 0 bridgehead atoms. The fraction of sp³-hybridized carbons (Fsp3) is 0.182. The smallest absolute Gasteiger partial charge is 0.147 e. The molecule has 3 nitrogen and oxygen atoms in total. The lowest BCUT2D eigenvalue weighted by Crippen LogP contribution is -1.90. The van der Waals surface area contributed by atoms with Gasteiger partial charge in [-0.2, -0.15) is 0 Å². The summed E-state index contributed by atoms with van der Waals surface area (Å²) in [5, 5.41) is 0.404. The predicted octanol–water partition coefficient (Wildman–Crippen LogP) is 2.81. The van der Waals surface area contributed by atoms with Crippen LogP contribution in [0.3, 0.4) is 0 Å². The van der Waals surface area contributed by atoms with Crippen LogP contribution in [0.15, 0.2) is 24.5 Å². The Morgan fingerprint density at radius 2 is 1.67 bits per heavy atom. The number of rotatable bonds is 1. The number of halogens is 1. The normalized spacial score (nSPS) is 10.3. The molecular formula is C11H10ClN3. The number of hydrogen-bond acceptors (Lipinski definition) is 3. The molecular weight excluding hydrogens is 210 g/mol. The molecule has 0 aliphatic rings. The first-order valence-electron chi connectivity index (χ1n) is 4.58. The fourth-order valence-electron chi connectivity index (χ4n) is 1.44. The van der Waals surface area contributed by atoms with E-state index in [0.29, 0.717) is 5.15 Å². The maximum Gasteiger partial charge on any atom is 0.147 e. The maximum atomic E-state index is 5.68. The van der Waals surface area contributed by atoms with Crippen LogP contribution in [0.25, 0.3) is 11.3 Å². The minimum Gasteiger partial charge on any atom is -0.258 e. The lowest BCUT2D eigenvalue weighted by atomic mass is 10.1. The number of hydrogen-bond donors (Lipinski definition) is 0. The van der Waals surface area contributed by atoms with Gasteiger partial charge in [-0.3, -0.25) is 9.97 Å². The molecule has 0 saturated heterocycles. The molecule has 2 heterocycles. The van der Waals surface area contributed by atoms with Gasteiger partial charge >= 0.3 is 0 Å². The number of nitrogens with zero attached hydrogens (tertiary/aromatic N) is 3. The van der Waals surface area contributed by atoms with Crippen molar-refractivity contribution in [1.29, 1.82) is 0 Å². The van der Waals surface area contributed by atoms with Gasteiger partial charge in [-0.25, -0.2) is 4.98 Å². The van der Waals surface area contributed by atoms with Crippen LogP contribution in [0.1, 0.15) is 11.4 Å². The van der Waals surface area contributed by atoms with E-state index in [1.165, 1.54) is 0 Å². The summed E-state index contributed by atoms with van der Waals surface area (Å²) in [6.45, 7) is 3.92. The van der Waals surface area contributed by atoms with Gasteiger partial charge in [-0.05, 0) is 26.0 Å². The van der Waals surface area contributed by atoms with Crippen molar-refractivity contribution in [3.63, 3.8) is 0 Å². The molecule has 0 N–H and O–H groups in total. The predicted molar refractivity (Wildman–Crippen MR) is 59.7 cm³/mol. The van der Waals surface area contributed by atoms with E-state index in [4.69, 9.17) is 11.6 Å². The van der Waals surface area contributed by atoms with Crippen molar-refractivity contribution < 1.29 is 0 Å². The zero-order valence-corrected chi connectivity index (χ0v) is 9.28. The number of aryl methyl sites for hydroxylation is 2. The summed E-state index contributed by atoms with van der Waals surface area (Å²) in [4.78, 5) is 12.5. The van der Waals surface area contributed by atoms with Gasteiger partial charge in [0.1, 0.15) is 5.15 Å². The van der Waals surface area contributed by atoms with Crippen molar-refractivity contribution in [2.75, 3.05) is 0 Å². The zero-order chi connectivity index (χ0) is 10.8. The van der Waals surface area contributed by atoms with Crippen LogP contribution in [0.2, 0.25) is 5.15 Å². The van der Waals surface area contributed by atoms with Gasteiger partial charge in [0, 0.05) is 17.0 Å². The minimum atomic E-state index is 0.404. The van der Waals surface area contributed by atoms with E-state index in [9.17, 15) is 0 Å². The molecule has 2 rings (SSSR count). The Hall–Kier alpha value is -1.48. The molecule has 0 amide bonds. The molecule has 2 aromatic heterocycles. The Bertz CT molecular complexity index is 459.